The van der Waals surface area contributed by atoms with E-state index in [-0.39, 0.29) is 11.4 Å². The highest BCUT2D eigenvalue weighted by Gasteiger charge is 2.12. The molecule has 0 fully saturated rings. The highest BCUT2D eigenvalue weighted by molar-refractivity contribution is 6.17. The molecule has 0 saturated heterocycles. The highest BCUT2D eigenvalue weighted by Crippen LogP contribution is 2.28. The Balaban J connectivity index is 2.25. The summed E-state index contributed by atoms with van der Waals surface area (Å²) in [6, 6.07) is 10.1. The van der Waals surface area contributed by atoms with E-state index in [9.17, 15) is 14.5 Å². The summed E-state index contributed by atoms with van der Waals surface area (Å²) < 4.78 is 19.0. The molecule has 2 aromatic carbocycles. The van der Waals surface area contributed by atoms with Crippen LogP contribution in [-0.4, -0.2) is 4.92 Å². The molecular weight excluding hydrogens is 273 g/mol. The Hall–Kier alpha value is -2.14. The van der Waals surface area contributed by atoms with E-state index in [1.807, 2.05) is 6.07 Å². The van der Waals surface area contributed by atoms with Gasteiger partial charge in [0.1, 0.15) is 5.75 Å². The number of halogens is 2. The van der Waals surface area contributed by atoms with E-state index in [2.05, 4.69) is 0 Å². The maximum atomic E-state index is 13.6. The van der Waals surface area contributed by atoms with Gasteiger partial charge in [0, 0.05) is 11.9 Å². The zero-order valence-electron chi connectivity index (χ0n) is 9.68. The summed E-state index contributed by atoms with van der Waals surface area (Å²) in [4.78, 5) is 9.82. The smallest absolute Gasteiger partial charge is 0.272 e. The van der Waals surface area contributed by atoms with Crippen LogP contribution in [0, 0.1) is 15.9 Å². The molecule has 4 nitrogen and oxygen atoms in total. The molecule has 0 amide bonds. The summed E-state index contributed by atoms with van der Waals surface area (Å²) in [6.07, 6.45) is 0. The Bertz CT molecular complexity index is 619. The molecular formula is C13H9ClFNO3. The Morgan fingerprint density at radius 1 is 1.26 bits per heavy atom. The number of hydrogen-bond acceptors (Lipinski definition) is 3. The molecule has 6 heteroatoms. The number of rotatable bonds is 4. The summed E-state index contributed by atoms with van der Waals surface area (Å²) in [5.41, 5.74) is 0.515. The molecule has 0 aliphatic carbocycles. The standard InChI is InChI=1S/C13H9ClFNO3/c14-8-9-2-1-3-11(6-9)19-13-5-4-10(16(17)18)7-12(13)15/h1-7H,8H2. The maximum absolute atomic E-state index is 13.6. The average molecular weight is 282 g/mol. The SMILES string of the molecule is O=[N+]([O-])c1ccc(Oc2cccc(CCl)c2)c(F)c1. The van der Waals surface area contributed by atoms with E-state index < -0.39 is 10.7 Å². The average Bonchev–Trinajstić information content (AvgIpc) is 2.41. The number of nitrogens with zero attached hydrogens (tertiary/aromatic N) is 1. The molecule has 0 atom stereocenters. The van der Waals surface area contributed by atoms with Crippen molar-refractivity contribution in [3.8, 4) is 11.5 Å². The summed E-state index contributed by atoms with van der Waals surface area (Å²) in [5.74, 6) is -0.117. The van der Waals surface area contributed by atoms with Crippen LogP contribution >= 0.6 is 11.6 Å². The van der Waals surface area contributed by atoms with Crippen LogP contribution in [-0.2, 0) is 5.88 Å². The van der Waals surface area contributed by atoms with Gasteiger partial charge in [0.2, 0.25) is 0 Å². The third-order valence-corrected chi connectivity index (χ3v) is 2.72. The quantitative estimate of drug-likeness (QED) is 0.478. The number of nitro groups is 1. The van der Waals surface area contributed by atoms with Crippen molar-refractivity contribution in [2.24, 2.45) is 0 Å². The van der Waals surface area contributed by atoms with Gasteiger partial charge in [-0.25, -0.2) is 4.39 Å². The lowest BCUT2D eigenvalue weighted by Gasteiger charge is -2.07. The molecule has 0 aromatic heterocycles. The number of hydrogen-bond donors (Lipinski definition) is 0. The van der Waals surface area contributed by atoms with Crippen LogP contribution in [0.15, 0.2) is 42.5 Å². The van der Waals surface area contributed by atoms with Crippen molar-refractivity contribution in [1.29, 1.82) is 0 Å². The normalized spacial score (nSPS) is 10.2. The van der Waals surface area contributed by atoms with Gasteiger partial charge >= 0.3 is 0 Å². The molecule has 0 heterocycles. The predicted octanol–water partition coefficient (Wildman–Crippen LogP) is 4.27. The zero-order chi connectivity index (χ0) is 13.8. The van der Waals surface area contributed by atoms with Gasteiger partial charge in [-0.2, -0.15) is 0 Å². The molecule has 0 N–H and O–H groups in total. The predicted molar refractivity (Wildman–Crippen MR) is 69.1 cm³/mol. The van der Waals surface area contributed by atoms with Crippen molar-refractivity contribution in [2.75, 3.05) is 0 Å². The summed E-state index contributed by atoms with van der Waals surface area (Å²) in [5, 5.41) is 10.5. The van der Waals surface area contributed by atoms with E-state index in [1.54, 1.807) is 18.2 Å². The minimum absolute atomic E-state index is 0.0719. The van der Waals surface area contributed by atoms with E-state index >= 15 is 0 Å². The molecule has 0 aliphatic rings. The van der Waals surface area contributed by atoms with Crippen LogP contribution in [0.5, 0.6) is 11.5 Å². The number of non-ortho nitro benzene ring substituents is 1. The minimum atomic E-state index is -0.787. The number of benzene rings is 2. The van der Waals surface area contributed by atoms with Crippen LogP contribution in [0.25, 0.3) is 0 Å². The Morgan fingerprint density at radius 3 is 2.68 bits per heavy atom. The number of nitro benzene ring substituents is 1. The summed E-state index contributed by atoms with van der Waals surface area (Å²) in [7, 11) is 0. The number of ether oxygens (including phenoxy) is 1. The number of alkyl halides is 1. The van der Waals surface area contributed by atoms with Gasteiger partial charge < -0.3 is 4.74 Å². The second kappa shape index (κ2) is 5.67. The second-order valence-electron chi connectivity index (χ2n) is 3.75. The van der Waals surface area contributed by atoms with Gasteiger partial charge in [-0.05, 0) is 23.8 Å². The van der Waals surface area contributed by atoms with E-state index in [1.165, 1.54) is 12.1 Å². The largest absolute Gasteiger partial charge is 0.454 e. The minimum Gasteiger partial charge on any atom is -0.454 e. The van der Waals surface area contributed by atoms with Gasteiger partial charge in [-0.1, -0.05) is 12.1 Å². The van der Waals surface area contributed by atoms with Crippen LogP contribution in [0.2, 0.25) is 0 Å². The first-order valence-electron chi connectivity index (χ1n) is 5.37. The Kier molecular flexibility index (Phi) is 3.97. The molecule has 2 rings (SSSR count). The van der Waals surface area contributed by atoms with Crippen molar-refractivity contribution in [1.82, 2.24) is 0 Å². The van der Waals surface area contributed by atoms with Gasteiger partial charge in [-0.3, -0.25) is 10.1 Å². The van der Waals surface area contributed by atoms with Gasteiger partial charge in [0.25, 0.3) is 5.69 Å². The van der Waals surface area contributed by atoms with E-state index in [0.29, 0.717) is 11.6 Å². The Labute approximate surface area is 113 Å². The lowest BCUT2D eigenvalue weighted by Crippen LogP contribution is -1.92. The Morgan fingerprint density at radius 2 is 2.05 bits per heavy atom. The van der Waals surface area contributed by atoms with E-state index in [4.69, 9.17) is 16.3 Å². The fourth-order valence-electron chi connectivity index (χ4n) is 1.51. The molecule has 2 aromatic rings. The molecule has 19 heavy (non-hydrogen) atoms. The fourth-order valence-corrected chi connectivity index (χ4v) is 1.67. The lowest BCUT2D eigenvalue weighted by atomic mass is 10.2. The van der Waals surface area contributed by atoms with Crippen molar-refractivity contribution < 1.29 is 14.1 Å². The molecule has 98 valence electrons. The molecule has 0 bridgehead atoms. The summed E-state index contributed by atoms with van der Waals surface area (Å²) >= 11 is 5.68. The van der Waals surface area contributed by atoms with E-state index in [0.717, 1.165) is 11.6 Å². The monoisotopic (exact) mass is 281 g/mol. The van der Waals surface area contributed by atoms with Crippen LogP contribution in [0.1, 0.15) is 5.56 Å². The first-order chi connectivity index (χ1) is 9.10. The van der Waals surface area contributed by atoms with Gasteiger partial charge in [0.05, 0.1) is 11.0 Å². The molecule has 0 aliphatic heterocycles. The molecule has 0 saturated carbocycles. The first-order valence-corrected chi connectivity index (χ1v) is 5.90. The van der Waals surface area contributed by atoms with Crippen LogP contribution in [0.3, 0.4) is 0 Å². The highest BCUT2D eigenvalue weighted by atomic mass is 35.5. The first kappa shape index (κ1) is 13.3. The molecule has 0 radical (unpaired) electrons. The van der Waals surface area contributed by atoms with Crippen molar-refractivity contribution in [3.05, 3.63) is 64.0 Å². The summed E-state index contributed by atoms with van der Waals surface area (Å²) in [6.45, 7) is 0. The zero-order valence-corrected chi connectivity index (χ0v) is 10.4. The third-order valence-electron chi connectivity index (χ3n) is 2.41. The fraction of sp³-hybridized carbons (Fsp3) is 0.0769. The second-order valence-corrected chi connectivity index (χ2v) is 4.02. The van der Waals surface area contributed by atoms with Gasteiger partial charge in [0.15, 0.2) is 11.6 Å². The van der Waals surface area contributed by atoms with Crippen molar-refractivity contribution in [3.63, 3.8) is 0 Å². The van der Waals surface area contributed by atoms with Gasteiger partial charge in [-0.15, -0.1) is 11.6 Å². The van der Waals surface area contributed by atoms with Crippen molar-refractivity contribution in [2.45, 2.75) is 5.88 Å². The molecule has 0 spiro atoms. The topological polar surface area (TPSA) is 52.4 Å². The molecule has 0 unspecified atom stereocenters. The lowest BCUT2D eigenvalue weighted by molar-refractivity contribution is -0.385. The van der Waals surface area contributed by atoms with Crippen LogP contribution in [0.4, 0.5) is 10.1 Å². The maximum Gasteiger partial charge on any atom is 0.272 e. The van der Waals surface area contributed by atoms with Crippen molar-refractivity contribution >= 4 is 17.3 Å². The third kappa shape index (κ3) is 3.20. The van der Waals surface area contributed by atoms with Crippen LogP contribution < -0.4 is 4.74 Å².